The van der Waals surface area contributed by atoms with Gasteiger partial charge in [0.25, 0.3) is 0 Å². The van der Waals surface area contributed by atoms with E-state index in [-0.39, 0.29) is 26.7 Å². The zero-order valence-corrected chi connectivity index (χ0v) is 11.0. The summed E-state index contributed by atoms with van der Waals surface area (Å²) < 4.78 is 38.8. The molecule has 20 heavy (non-hydrogen) atoms. The molecule has 0 amide bonds. The van der Waals surface area contributed by atoms with Crippen LogP contribution in [0.15, 0.2) is 9.59 Å². The average Bonchev–Trinajstić information content (AvgIpc) is 2.30. The lowest BCUT2D eigenvalue weighted by molar-refractivity contribution is -0.162. The maximum absolute atomic E-state index is 12.8. The Hall–Kier alpha value is -1.90. The first-order valence-electron chi connectivity index (χ1n) is 5.38. The molecule has 6 nitrogen and oxygen atoms in total. The van der Waals surface area contributed by atoms with E-state index in [0.29, 0.717) is 0 Å². The van der Waals surface area contributed by atoms with Gasteiger partial charge in [-0.15, -0.1) is 0 Å². The summed E-state index contributed by atoms with van der Waals surface area (Å²) >= 11 is 5.60. The van der Waals surface area contributed by atoms with Crippen LogP contribution in [0.5, 0.6) is 0 Å². The van der Waals surface area contributed by atoms with E-state index in [1.54, 1.807) is 0 Å². The molecule has 0 unspecified atom stereocenters. The highest BCUT2D eigenvalue weighted by atomic mass is 35.5. The lowest BCUT2D eigenvalue weighted by atomic mass is 10.3. The van der Waals surface area contributed by atoms with Crippen LogP contribution in [0, 0.1) is 6.92 Å². The second-order valence-electron chi connectivity index (χ2n) is 4.12. The number of fused-ring (bicyclic) bond motifs is 1. The maximum atomic E-state index is 12.8. The minimum Gasteiger partial charge on any atom is -0.313 e. The fourth-order valence-corrected chi connectivity index (χ4v) is 1.93. The number of aromatic amines is 1. The largest absolute Gasteiger partial charge is 0.409 e. The van der Waals surface area contributed by atoms with Crippen LogP contribution < -0.4 is 11.1 Å². The molecular formula is C10H8ClF3N4O2. The normalized spacial score (nSPS) is 13.7. The Morgan fingerprint density at radius 3 is 2.45 bits per heavy atom. The molecule has 0 saturated heterocycles. The molecule has 0 aliphatic carbocycles. The minimum absolute atomic E-state index is 0.0601. The molecule has 108 valence electrons. The Morgan fingerprint density at radius 2 is 1.90 bits per heavy atom. The third-order valence-corrected chi connectivity index (χ3v) is 2.95. The monoisotopic (exact) mass is 308 g/mol. The highest BCUT2D eigenvalue weighted by Crippen LogP contribution is 2.30. The van der Waals surface area contributed by atoms with E-state index < -0.39 is 23.3 Å². The standard InChI is InChI=1S/C10H8ClF3N4O2/c1-3-5-6(17-9(11)15-3)18(4(2)10(12,13)14)8(20)7(19)16-5/h4H,1-2H3,(H,16,19)/t4-/m0/s1. The number of hydrogen-bond donors (Lipinski definition) is 1. The van der Waals surface area contributed by atoms with Crippen LogP contribution in [0.1, 0.15) is 18.7 Å². The Bertz CT molecular complexity index is 796. The van der Waals surface area contributed by atoms with Gasteiger partial charge in [-0.25, -0.2) is 4.98 Å². The van der Waals surface area contributed by atoms with Crippen molar-refractivity contribution in [1.29, 1.82) is 0 Å². The van der Waals surface area contributed by atoms with Gasteiger partial charge in [-0.2, -0.15) is 18.2 Å². The smallest absolute Gasteiger partial charge is 0.313 e. The molecule has 2 aromatic rings. The number of nitrogens with zero attached hydrogens (tertiary/aromatic N) is 3. The average molecular weight is 309 g/mol. The van der Waals surface area contributed by atoms with E-state index in [4.69, 9.17) is 11.6 Å². The van der Waals surface area contributed by atoms with Crippen LogP contribution in [0.25, 0.3) is 11.2 Å². The molecule has 1 N–H and O–H groups in total. The number of alkyl halides is 3. The molecule has 0 aliphatic rings. The lowest BCUT2D eigenvalue weighted by Gasteiger charge is -2.19. The Morgan fingerprint density at radius 1 is 1.30 bits per heavy atom. The number of halogens is 4. The summed E-state index contributed by atoms with van der Waals surface area (Å²) in [5.41, 5.74) is -2.79. The van der Waals surface area contributed by atoms with E-state index in [1.807, 2.05) is 0 Å². The minimum atomic E-state index is -4.71. The Kier molecular flexibility index (Phi) is 3.32. The van der Waals surface area contributed by atoms with Crippen LogP contribution in [-0.2, 0) is 0 Å². The summed E-state index contributed by atoms with van der Waals surface area (Å²) in [6.45, 7) is 2.19. The van der Waals surface area contributed by atoms with E-state index in [1.165, 1.54) is 6.92 Å². The lowest BCUT2D eigenvalue weighted by Crippen LogP contribution is -2.42. The fraction of sp³-hybridized carbons (Fsp3) is 0.400. The SMILES string of the molecule is Cc1nc(Cl)nc2c1[nH]c(=O)c(=O)n2[C@@H](C)C(F)(F)F. The molecule has 0 aromatic carbocycles. The van der Waals surface area contributed by atoms with E-state index in [2.05, 4.69) is 15.0 Å². The molecule has 0 aliphatic heterocycles. The van der Waals surface area contributed by atoms with Crippen molar-refractivity contribution >= 4 is 22.8 Å². The summed E-state index contributed by atoms with van der Waals surface area (Å²) in [7, 11) is 0. The number of hydrogen-bond acceptors (Lipinski definition) is 4. The molecule has 10 heteroatoms. The zero-order valence-electron chi connectivity index (χ0n) is 10.2. The second-order valence-corrected chi connectivity index (χ2v) is 4.46. The van der Waals surface area contributed by atoms with Gasteiger partial charge in [-0.05, 0) is 25.4 Å². The molecule has 1 atom stereocenters. The van der Waals surface area contributed by atoms with Crippen molar-refractivity contribution in [1.82, 2.24) is 19.5 Å². The molecule has 0 fully saturated rings. The van der Waals surface area contributed by atoms with Gasteiger partial charge in [0.2, 0.25) is 5.28 Å². The van der Waals surface area contributed by atoms with Crippen LogP contribution in [-0.4, -0.2) is 25.7 Å². The number of rotatable bonds is 1. The number of H-pyrrole nitrogens is 1. The first-order chi connectivity index (χ1) is 9.12. The molecule has 0 saturated carbocycles. The van der Waals surface area contributed by atoms with Gasteiger partial charge < -0.3 is 4.98 Å². The molecule has 0 spiro atoms. The molecule has 0 radical (unpaired) electrons. The summed E-state index contributed by atoms with van der Waals surface area (Å²) in [5.74, 6) is 0. The Balaban J connectivity index is 2.99. The van der Waals surface area contributed by atoms with Crippen molar-refractivity contribution in [3.63, 3.8) is 0 Å². The molecular weight excluding hydrogens is 301 g/mol. The van der Waals surface area contributed by atoms with Gasteiger partial charge in [0.15, 0.2) is 5.65 Å². The highest BCUT2D eigenvalue weighted by molar-refractivity contribution is 6.28. The van der Waals surface area contributed by atoms with Crippen molar-refractivity contribution in [2.45, 2.75) is 26.1 Å². The van der Waals surface area contributed by atoms with Crippen molar-refractivity contribution in [2.75, 3.05) is 0 Å². The molecule has 2 rings (SSSR count). The summed E-state index contributed by atoms with van der Waals surface area (Å²) in [6.07, 6.45) is -4.71. The number of aryl methyl sites for hydroxylation is 1. The van der Waals surface area contributed by atoms with Crippen molar-refractivity contribution < 1.29 is 13.2 Å². The van der Waals surface area contributed by atoms with Crippen LogP contribution in [0.3, 0.4) is 0 Å². The van der Waals surface area contributed by atoms with Crippen molar-refractivity contribution in [3.05, 3.63) is 31.7 Å². The first kappa shape index (κ1) is 14.5. The van der Waals surface area contributed by atoms with Crippen LogP contribution >= 0.6 is 11.6 Å². The fourth-order valence-electron chi connectivity index (χ4n) is 1.72. The predicted molar refractivity (Wildman–Crippen MR) is 64.9 cm³/mol. The summed E-state index contributed by atoms with van der Waals surface area (Å²) in [6, 6.07) is -2.22. The zero-order chi connectivity index (χ0) is 15.2. The first-order valence-corrected chi connectivity index (χ1v) is 5.76. The van der Waals surface area contributed by atoms with Crippen LogP contribution in [0.2, 0.25) is 5.28 Å². The van der Waals surface area contributed by atoms with Crippen LogP contribution in [0.4, 0.5) is 13.2 Å². The molecule has 0 bridgehead atoms. The van der Waals surface area contributed by atoms with E-state index in [0.717, 1.165) is 6.92 Å². The van der Waals surface area contributed by atoms with E-state index >= 15 is 0 Å². The highest BCUT2D eigenvalue weighted by Gasteiger charge is 2.39. The predicted octanol–water partition coefficient (Wildman–Crippen LogP) is 1.56. The van der Waals surface area contributed by atoms with Gasteiger partial charge >= 0.3 is 17.3 Å². The van der Waals surface area contributed by atoms with Gasteiger partial charge in [0, 0.05) is 0 Å². The van der Waals surface area contributed by atoms with Gasteiger partial charge in [-0.1, -0.05) is 0 Å². The summed E-state index contributed by atoms with van der Waals surface area (Å²) in [4.78, 5) is 32.7. The third-order valence-electron chi connectivity index (χ3n) is 2.78. The molecule has 2 heterocycles. The van der Waals surface area contributed by atoms with Gasteiger partial charge in [0.05, 0.1) is 5.69 Å². The maximum Gasteiger partial charge on any atom is 0.409 e. The summed E-state index contributed by atoms with van der Waals surface area (Å²) in [5, 5.41) is -0.315. The Labute approximate surface area is 114 Å². The topological polar surface area (TPSA) is 80.6 Å². The van der Waals surface area contributed by atoms with Gasteiger partial charge in [-0.3, -0.25) is 14.2 Å². The van der Waals surface area contributed by atoms with Crippen molar-refractivity contribution in [3.8, 4) is 0 Å². The number of aromatic nitrogens is 4. The molecule has 2 aromatic heterocycles. The van der Waals surface area contributed by atoms with E-state index in [9.17, 15) is 22.8 Å². The quantitative estimate of drug-likeness (QED) is 0.640. The van der Waals surface area contributed by atoms with Crippen molar-refractivity contribution in [2.24, 2.45) is 0 Å². The second kappa shape index (κ2) is 4.58. The van der Waals surface area contributed by atoms with Gasteiger partial charge in [0.1, 0.15) is 11.6 Å². The number of nitrogens with one attached hydrogen (secondary N) is 1. The third kappa shape index (κ3) is 2.28.